The molecule has 1 rings (SSSR count). The van der Waals surface area contributed by atoms with Crippen molar-refractivity contribution in [1.29, 1.82) is 0 Å². The van der Waals surface area contributed by atoms with Crippen molar-refractivity contribution in [3.05, 3.63) is 0 Å². The molecule has 1 fully saturated rings. The van der Waals surface area contributed by atoms with E-state index >= 15 is 0 Å². The maximum Gasteiger partial charge on any atom is 0.237 e. The molecule has 1 aliphatic carbocycles. The minimum absolute atomic E-state index is 0.197. The number of unbranched alkanes of at least 4 members (excludes halogenated alkanes) is 1. The van der Waals surface area contributed by atoms with Gasteiger partial charge in [0, 0.05) is 12.1 Å². The summed E-state index contributed by atoms with van der Waals surface area (Å²) in [6.07, 6.45) is 6.38. The van der Waals surface area contributed by atoms with E-state index in [1.807, 2.05) is 7.05 Å². The van der Waals surface area contributed by atoms with Gasteiger partial charge in [0.05, 0.1) is 5.54 Å². The number of hydrogen-bond acceptors (Lipinski definition) is 3. The van der Waals surface area contributed by atoms with Gasteiger partial charge in [0.2, 0.25) is 5.91 Å². The predicted octanol–water partition coefficient (Wildman–Crippen LogP) is 1.88. The lowest BCUT2D eigenvalue weighted by atomic mass is 9.96. The Bertz CT molecular complexity index is 295. The number of rotatable bonds is 8. The van der Waals surface area contributed by atoms with Crippen LogP contribution in [0.5, 0.6) is 0 Å². The molecule has 1 aliphatic rings. The topological polar surface area (TPSA) is 58.4 Å². The second-order valence-corrected chi connectivity index (χ2v) is 5.94. The van der Waals surface area contributed by atoms with Crippen LogP contribution in [0.2, 0.25) is 0 Å². The molecule has 0 aliphatic heterocycles. The lowest BCUT2D eigenvalue weighted by Crippen LogP contribution is -2.53. The lowest BCUT2D eigenvalue weighted by molar-refractivity contribution is -0.124. The number of likely N-dealkylation sites (N-methyl/N-ethyl adjacent to an activating group) is 1. The summed E-state index contributed by atoms with van der Waals surface area (Å²) in [6.45, 7) is 7.89. The smallest absolute Gasteiger partial charge is 0.237 e. The van der Waals surface area contributed by atoms with Crippen LogP contribution in [0.3, 0.4) is 0 Å². The molecule has 19 heavy (non-hydrogen) atoms. The predicted molar refractivity (Wildman–Crippen MR) is 80.0 cm³/mol. The van der Waals surface area contributed by atoms with Crippen molar-refractivity contribution in [3.63, 3.8) is 0 Å². The fourth-order valence-electron chi connectivity index (χ4n) is 3.21. The Kier molecular flexibility index (Phi) is 6.27. The highest BCUT2D eigenvalue weighted by Crippen LogP contribution is 2.34. The molecule has 3 unspecified atom stereocenters. The third kappa shape index (κ3) is 3.69. The third-order valence-electron chi connectivity index (χ3n) is 4.83. The highest BCUT2D eigenvalue weighted by molar-refractivity contribution is 5.85. The fourth-order valence-corrected chi connectivity index (χ4v) is 3.21. The van der Waals surface area contributed by atoms with Crippen LogP contribution in [-0.4, -0.2) is 42.0 Å². The summed E-state index contributed by atoms with van der Waals surface area (Å²) >= 11 is 0. The zero-order chi connectivity index (χ0) is 14.5. The largest absolute Gasteiger partial charge is 0.368 e. The van der Waals surface area contributed by atoms with E-state index in [4.69, 9.17) is 5.73 Å². The standard InChI is InChI=1S/C15H31N3O/c1-5-7-10-18(12(3)6-2)13-8-9-15(11-13,17-4)14(16)19/h12-13,17H,5-11H2,1-4H3,(H2,16,19). The van der Waals surface area contributed by atoms with E-state index in [2.05, 4.69) is 31.0 Å². The Balaban J connectivity index is 2.74. The molecule has 3 atom stereocenters. The molecule has 0 aromatic heterocycles. The molecule has 4 nitrogen and oxygen atoms in total. The molecule has 0 aromatic rings. The first kappa shape index (κ1) is 16.4. The number of carbonyl (C=O) groups is 1. The fraction of sp³-hybridized carbons (Fsp3) is 0.933. The summed E-state index contributed by atoms with van der Waals surface area (Å²) in [4.78, 5) is 14.3. The monoisotopic (exact) mass is 269 g/mol. The van der Waals surface area contributed by atoms with Gasteiger partial charge in [0.15, 0.2) is 0 Å². The molecule has 4 heteroatoms. The SMILES string of the molecule is CCCCN(C(C)CC)C1CCC(NC)(C(N)=O)C1. The minimum atomic E-state index is -0.484. The van der Waals surface area contributed by atoms with Crippen LogP contribution in [0.1, 0.15) is 59.3 Å². The number of primary amides is 1. The van der Waals surface area contributed by atoms with Gasteiger partial charge in [-0.05, 0) is 52.6 Å². The number of hydrogen-bond donors (Lipinski definition) is 2. The second kappa shape index (κ2) is 7.25. The third-order valence-corrected chi connectivity index (χ3v) is 4.83. The maximum absolute atomic E-state index is 11.7. The van der Waals surface area contributed by atoms with Gasteiger partial charge in [-0.3, -0.25) is 9.69 Å². The van der Waals surface area contributed by atoms with Crippen LogP contribution in [-0.2, 0) is 4.79 Å². The summed E-state index contributed by atoms with van der Waals surface area (Å²) in [5.74, 6) is -0.197. The normalized spacial score (nSPS) is 28.8. The van der Waals surface area contributed by atoms with E-state index in [-0.39, 0.29) is 5.91 Å². The van der Waals surface area contributed by atoms with Crippen molar-refractivity contribution in [2.45, 2.75) is 76.9 Å². The van der Waals surface area contributed by atoms with Gasteiger partial charge in [-0.2, -0.15) is 0 Å². The minimum Gasteiger partial charge on any atom is -0.368 e. The number of amides is 1. The summed E-state index contributed by atoms with van der Waals surface area (Å²) in [5.41, 5.74) is 5.11. The number of nitrogens with one attached hydrogen (secondary N) is 1. The van der Waals surface area contributed by atoms with Crippen LogP contribution in [0.25, 0.3) is 0 Å². The van der Waals surface area contributed by atoms with E-state index in [0.29, 0.717) is 12.1 Å². The van der Waals surface area contributed by atoms with Gasteiger partial charge in [0.1, 0.15) is 0 Å². The van der Waals surface area contributed by atoms with Gasteiger partial charge < -0.3 is 11.1 Å². The summed E-state index contributed by atoms with van der Waals surface area (Å²) in [7, 11) is 1.85. The Morgan fingerprint density at radius 1 is 1.53 bits per heavy atom. The van der Waals surface area contributed by atoms with Gasteiger partial charge in [-0.1, -0.05) is 20.3 Å². The number of carbonyl (C=O) groups excluding carboxylic acids is 1. The second-order valence-electron chi connectivity index (χ2n) is 5.94. The number of nitrogens with two attached hydrogens (primary N) is 1. The highest BCUT2D eigenvalue weighted by atomic mass is 16.1. The molecule has 1 amide bonds. The molecule has 0 heterocycles. The van der Waals surface area contributed by atoms with Crippen molar-refractivity contribution in [2.75, 3.05) is 13.6 Å². The Hall–Kier alpha value is -0.610. The van der Waals surface area contributed by atoms with Gasteiger partial charge in [0.25, 0.3) is 0 Å². The first-order valence-corrected chi connectivity index (χ1v) is 7.75. The van der Waals surface area contributed by atoms with E-state index in [1.54, 1.807) is 0 Å². The van der Waals surface area contributed by atoms with E-state index in [9.17, 15) is 4.79 Å². The molecule has 112 valence electrons. The average Bonchev–Trinajstić information content (AvgIpc) is 2.84. The van der Waals surface area contributed by atoms with Crippen molar-refractivity contribution in [3.8, 4) is 0 Å². The highest BCUT2D eigenvalue weighted by Gasteiger charge is 2.44. The van der Waals surface area contributed by atoms with Gasteiger partial charge in [-0.25, -0.2) is 0 Å². The van der Waals surface area contributed by atoms with Crippen LogP contribution >= 0.6 is 0 Å². The van der Waals surface area contributed by atoms with Crippen LogP contribution < -0.4 is 11.1 Å². The van der Waals surface area contributed by atoms with Crippen molar-refractivity contribution < 1.29 is 4.79 Å². The summed E-state index contributed by atoms with van der Waals surface area (Å²) in [5, 5.41) is 3.17. The average molecular weight is 269 g/mol. The van der Waals surface area contributed by atoms with Crippen molar-refractivity contribution >= 4 is 5.91 Å². The van der Waals surface area contributed by atoms with Crippen molar-refractivity contribution in [2.24, 2.45) is 5.73 Å². The first-order valence-electron chi connectivity index (χ1n) is 7.75. The molecule has 0 saturated heterocycles. The summed E-state index contributed by atoms with van der Waals surface area (Å²) < 4.78 is 0. The van der Waals surface area contributed by atoms with E-state index in [0.717, 1.165) is 32.2 Å². The quantitative estimate of drug-likeness (QED) is 0.707. The maximum atomic E-state index is 11.7. The molecule has 1 saturated carbocycles. The Labute approximate surface area is 118 Å². The lowest BCUT2D eigenvalue weighted by Gasteiger charge is -2.35. The van der Waals surface area contributed by atoms with E-state index in [1.165, 1.54) is 12.8 Å². The molecule has 0 bridgehead atoms. The molecule has 0 spiro atoms. The van der Waals surface area contributed by atoms with Crippen LogP contribution in [0, 0.1) is 0 Å². The Morgan fingerprint density at radius 3 is 2.63 bits per heavy atom. The Morgan fingerprint density at radius 2 is 2.21 bits per heavy atom. The molecule has 0 radical (unpaired) electrons. The van der Waals surface area contributed by atoms with Gasteiger partial charge >= 0.3 is 0 Å². The molecular weight excluding hydrogens is 238 g/mol. The zero-order valence-electron chi connectivity index (χ0n) is 13.0. The first-order chi connectivity index (χ1) is 9.00. The van der Waals surface area contributed by atoms with Crippen LogP contribution in [0.15, 0.2) is 0 Å². The van der Waals surface area contributed by atoms with E-state index < -0.39 is 5.54 Å². The van der Waals surface area contributed by atoms with Crippen LogP contribution in [0.4, 0.5) is 0 Å². The molecule has 3 N–H and O–H groups in total. The zero-order valence-corrected chi connectivity index (χ0v) is 13.0. The molecular formula is C15H31N3O. The van der Waals surface area contributed by atoms with Gasteiger partial charge in [-0.15, -0.1) is 0 Å². The number of nitrogens with zero attached hydrogens (tertiary/aromatic N) is 1. The summed E-state index contributed by atoms with van der Waals surface area (Å²) in [6, 6.07) is 1.07. The van der Waals surface area contributed by atoms with Crippen molar-refractivity contribution in [1.82, 2.24) is 10.2 Å². The molecule has 0 aromatic carbocycles.